The number of carbonyl (C=O) groups excluding carboxylic acids is 1. The molecule has 1 aliphatic heterocycles. The molecule has 1 aliphatic rings. The number of hydrogen-bond acceptors (Lipinski definition) is 4. The van der Waals surface area contributed by atoms with Crippen molar-refractivity contribution in [1.82, 2.24) is 9.88 Å². The zero-order chi connectivity index (χ0) is 15.9. The molecule has 3 rings (SSSR count). The van der Waals surface area contributed by atoms with Crippen LogP contribution in [0.25, 0.3) is 10.9 Å². The monoisotopic (exact) mass is 302 g/mol. The highest BCUT2D eigenvalue weighted by Gasteiger charge is 2.39. The van der Waals surface area contributed by atoms with Crippen LogP contribution in [0.3, 0.4) is 0 Å². The molecule has 1 saturated heterocycles. The van der Waals surface area contributed by atoms with Crippen molar-refractivity contribution in [3.63, 3.8) is 0 Å². The number of aliphatic hydroxyl groups is 1. The van der Waals surface area contributed by atoms with Gasteiger partial charge >= 0.3 is 5.97 Å². The molecule has 0 bridgehead atoms. The van der Waals surface area contributed by atoms with Crippen LogP contribution >= 0.6 is 0 Å². The first-order chi connectivity index (χ1) is 10.5. The second-order valence-electron chi connectivity index (χ2n) is 5.29. The van der Waals surface area contributed by atoms with Crippen molar-refractivity contribution in [2.45, 2.75) is 18.6 Å². The van der Waals surface area contributed by atoms with Gasteiger partial charge in [0.05, 0.1) is 11.7 Å². The maximum absolute atomic E-state index is 12.7. The fourth-order valence-corrected chi connectivity index (χ4v) is 2.81. The number of rotatable bonds is 2. The zero-order valence-corrected chi connectivity index (χ0v) is 11.5. The molecule has 0 spiro atoms. The van der Waals surface area contributed by atoms with Crippen LogP contribution in [0.2, 0.25) is 0 Å². The van der Waals surface area contributed by atoms with E-state index in [1.807, 2.05) is 0 Å². The average molecular weight is 302 g/mol. The third-order valence-corrected chi connectivity index (χ3v) is 3.81. The van der Waals surface area contributed by atoms with Crippen molar-refractivity contribution in [1.29, 1.82) is 0 Å². The summed E-state index contributed by atoms with van der Waals surface area (Å²) in [5.41, 5.74) is 0.207. The maximum Gasteiger partial charge on any atom is 0.326 e. The van der Waals surface area contributed by atoms with E-state index in [9.17, 15) is 24.6 Å². The average Bonchev–Trinajstić information content (AvgIpc) is 2.88. The van der Waals surface area contributed by atoms with Gasteiger partial charge < -0.3 is 20.1 Å². The number of likely N-dealkylation sites (tertiary alicyclic amines) is 1. The molecular weight excluding hydrogens is 288 g/mol. The van der Waals surface area contributed by atoms with Crippen LogP contribution in [0, 0.1) is 0 Å². The van der Waals surface area contributed by atoms with Gasteiger partial charge in [-0.05, 0) is 6.07 Å². The molecule has 1 amide bonds. The minimum atomic E-state index is -1.17. The fourth-order valence-electron chi connectivity index (χ4n) is 2.81. The Bertz CT molecular complexity index is 813. The van der Waals surface area contributed by atoms with Crippen molar-refractivity contribution in [3.05, 3.63) is 46.2 Å². The quantitative estimate of drug-likeness (QED) is 0.733. The lowest BCUT2D eigenvalue weighted by atomic mass is 10.1. The number of aliphatic carboxylic acids is 1. The SMILES string of the molecule is O=C(O)[C@H]1C[C@@H](O)CN1C(=O)c1cc(=O)[nH]c2ccccc12. The summed E-state index contributed by atoms with van der Waals surface area (Å²) in [6.07, 6.45) is -0.888. The van der Waals surface area contributed by atoms with Crippen LogP contribution in [0.1, 0.15) is 16.8 Å². The molecule has 2 atom stereocenters. The Hall–Kier alpha value is -2.67. The number of H-pyrrole nitrogens is 1. The zero-order valence-electron chi connectivity index (χ0n) is 11.5. The van der Waals surface area contributed by atoms with Crippen molar-refractivity contribution in [3.8, 4) is 0 Å². The molecule has 2 aromatic rings. The summed E-state index contributed by atoms with van der Waals surface area (Å²) in [5.74, 6) is -1.73. The molecule has 114 valence electrons. The van der Waals surface area contributed by atoms with E-state index in [4.69, 9.17) is 0 Å². The lowest BCUT2D eigenvalue weighted by Crippen LogP contribution is -2.41. The summed E-state index contributed by atoms with van der Waals surface area (Å²) >= 11 is 0. The number of fused-ring (bicyclic) bond motifs is 1. The molecule has 2 heterocycles. The van der Waals surface area contributed by atoms with E-state index in [1.165, 1.54) is 0 Å². The van der Waals surface area contributed by atoms with Gasteiger partial charge in [0, 0.05) is 29.9 Å². The number of amides is 1. The summed E-state index contributed by atoms with van der Waals surface area (Å²) in [7, 11) is 0. The number of aromatic amines is 1. The number of para-hydroxylation sites is 1. The third kappa shape index (κ3) is 2.35. The largest absolute Gasteiger partial charge is 0.480 e. The number of aliphatic hydroxyl groups excluding tert-OH is 1. The fraction of sp³-hybridized carbons (Fsp3) is 0.267. The number of hydrogen-bond donors (Lipinski definition) is 3. The van der Waals surface area contributed by atoms with Crippen molar-refractivity contribution >= 4 is 22.8 Å². The first kappa shape index (κ1) is 14.3. The Balaban J connectivity index is 2.09. The molecule has 1 fully saturated rings. The molecule has 0 aliphatic carbocycles. The van der Waals surface area contributed by atoms with Crippen LogP contribution < -0.4 is 5.56 Å². The van der Waals surface area contributed by atoms with E-state index < -0.39 is 29.6 Å². The normalized spacial score (nSPS) is 21.2. The minimum Gasteiger partial charge on any atom is -0.480 e. The van der Waals surface area contributed by atoms with E-state index in [0.717, 1.165) is 11.0 Å². The summed E-state index contributed by atoms with van der Waals surface area (Å²) in [4.78, 5) is 39.4. The number of β-amino-alcohol motifs (C(OH)–C–C–N with tert-alkyl or cyclic N) is 1. The van der Waals surface area contributed by atoms with Crippen molar-refractivity contribution in [2.24, 2.45) is 0 Å². The first-order valence-corrected chi connectivity index (χ1v) is 6.81. The van der Waals surface area contributed by atoms with E-state index >= 15 is 0 Å². The van der Waals surface area contributed by atoms with Crippen LogP contribution in [0.4, 0.5) is 0 Å². The van der Waals surface area contributed by atoms with E-state index in [1.54, 1.807) is 24.3 Å². The number of pyridine rings is 1. The molecule has 1 aromatic carbocycles. The number of aromatic nitrogens is 1. The van der Waals surface area contributed by atoms with Crippen LogP contribution in [0.15, 0.2) is 35.1 Å². The highest BCUT2D eigenvalue weighted by molar-refractivity contribution is 6.07. The summed E-state index contributed by atoms with van der Waals surface area (Å²) < 4.78 is 0. The summed E-state index contributed by atoms with van der Waals surface area (Å²) in [5, 5.41) is 19.4. The third-order valence-electron chi connectivity index (χ3n) is 3.81. The number of carboxylic acids is 1. The molecule has 1 aromatic heterocycles. The molecule has 7 nitrogen and oxygen atoms in total. The highest BCUT2D eigenvalue weighted by Crippen LogP contribution is 2.23. The second kappa shape index (κ2) is 5.27. The van der Waals surface area contributed by atoms with Gasteiger partial charge in [0.15, 0.2) is 0 Å². The van der Waals surface area contributed by atoms with Crippen LogP contribution in [-0.2, 0) is 4.79 Å². The maximum atomic E-state index is 12.7. The Labute approximate surface area is 124 Å². The highest BCUT2D eigenvalue weighted by atomic mass is 16.4. The minimum absolute atomic E-state index is 0.0117. The number of carbonyl (C=O) groups is 2. The second-order valence-corrected chi connectivity index (χ2v) is 5.29. The number of benzene rings is 1. The van der Waals surface area contributed by atoms with Gasteiger partial charge in [0.25, 0.3) is 5.91 Å². The smallest absolute Gasteiger partial charge is 0.326 e. The van der Waals surface area contributed by atoms with Gasteiger partial charge in [-0.1, -0.05) is 18.2 Å². The Kier molecular flexibility index (Phi) is 3.42. The van der Waals surface area contributed by atoms with Gasteiger partial charge in [0.2, 0.25) is 5.56 Å². The standard InChI is InChI=1S/C15H14N2O5/c18-8-5-12(15(21)22)17(7-8)14(20)10-6-13(19)16-11-4-2-1-3-9(10)11/h1-4,6,8,12,18H,5,7H2,(H,16,19)(H,21,22)/t8-,12-/m1/s1. The lowest BCUT2D eigenvalue weighted by Gasteiger charge is -2.21. The molecule has 22 heavy (non-hydrogen) atoms. The van der Waals surface area contributed by atoms with Gasteiger partial charge in [-0.3, -0.25) is 9.59 Å². The Morgan fingerprint density at radius 2 is 2.00 bits per heavy atom. The molecule has 7 heteroatoms. The molecule has 0 radical (unpaired) electrons. The first-order valence-electron chi connectivity index (χ1n) is 6.81. The van der Waals surface area contributed by atoms with Crippen molar-refractivity contribution < 1.29 is 19.8 Å². The van der Waals surface area contributed by atoms with E-state index in [0.29, 0.717) is 10.9 Å². The Morgan fingerprint density at radius 1 is 1.27 bits per heavy atom. The molecule has 3 N–H and O–H groups in total. The predicted molar refractivity (Wildman–Crippen MR) is 77.7 cm³/mol. The van der Waals surface area contributed by atoms with Gasteiger partial charge in [0.1, 0.15) is 6.04 Å². The van der Waals surface area contributed by atoms with Crippen LogP contribution in [-0.4, -0.2) is 50.7 Å². The number of nitrogens with one attached hydrogen (secondary N) is 1. The summed E-state index contributed by atoms with van der Waals surface area (Å²) in [6, 6.07) is 6.88. The van der Waals surface area contributed by atoms with Gasteiger partial charge in [-0.15, -0.1) is 0 Å². The van der Waals surface area contributed by atoms with Crippen molar-refractivity contribution in [2.75, 3.05) is 6.54 Å². The number of nitrogens with zero attached hydrogens (tertiary/aromatic N) is 1. The predicted octanol–water partition coefficient (Wildman–Crippen LogP) is 0.188. The van der Waals surface area contributed by atoms with Gasteiger partial charge in [-0.2, -0.15) is 0 Å². The molecule has 0 unspecified atom stereocenters. The lowest BCUT2D eigenvalue weighted by molar-refractivity contribution is -0.141. The number of carboxylic acid groups (broad SMARTS) is 1. The van der Waals surface area contributed by atoms with E-state index in [2.05, 4.69) is 4.98 Å². The molecular formula is C15H14N2O5. The topological polar surface area (TPSA) is 111 Å². The summed E-state index contributed by atoms with van der Waals surface area (Å²) in [6.45, 7) is -0.0586. The van der Waals surface area contributed by atoms with Gasteiger partial charge in [-0.25, -0.2) is 4.79 Å². The Morgan fingerprint density at radius 3 is 2.73 bits per heavy atom. The molecule has 0 saturated carbocycles. The van der Waals surface area contributed by atoms with Crippen LogP contribution in [0.5, 0.6) is 0 Å². The van der Waals surface area contributed by atoms with E-state index in [-0.39, 0.29) is 18.5 Å².